The van der Waals surface area contributed by atoms with Crippen molar-refractivity contribution in [3.8, 4) is 0 Å². The van der Waals surface area contributed by atoms with Gasteiger partial charge >= 0.3 is 6.18 Å². The number of hydrogen-bond donors (Lipinski definition) is 2. The fourth-order valence-corrected chi connectivity index (χ4v) is 3.60. The molecule has 0 heterocycles. The number of nitro groups is 1. The fourth-order valence-electron chi connectivity index (χ4n) is 2.13. The summed E-state index contributed by atoms with van der Waals surface area (Å²) in [6, 6.07) is 0.746. The minimum absolute atomic E-state index is 0.0696. The molecule has 0 unspecified atom stereocenters. The van der Waals surface area contributed by atoms with E-state index in [0.717, 1.165) is 0 Å². The molecule has 0 amide bonds. The second kappa shape index (κ2) is 7.45. The number of rotatable bonds is 7. The van der Waals surface area contributed by atoms with Crippen molar-refractivity contribution in [2.75, 3.05) is 6.54 Å². The van der Waals surface area contributed by atoms with Crippen molar-refractivity contribution < 1.29 is 26.5 Å². The number of nitrogens with two attached hydrogens (primary N) is 1. The monoisotopic (exact) mass is 369 g/mol. The minimum atomic E-state index is -5.06. The van der Waals surface area contributed by atoms with E-state index in [9.17, 15) is 31.7 Å². The van der Waals surface area contributed by atoms with Gasteiger partial charge in [0.2, 0.25) is 10.0 Å². The van der Waals surface area contributed by atoms with Gasteiger partial charge in [0.05, 0.1) is 15.4 Å². The number of sulfonamides is 1. The number of alkyl halides is 3. The molecular formula is C13H18F3N3O4S. The summed E-state index contributed by atoms with van der Waals surface area (Å²) < 4.78 is 66.1. The number of nitrogens with one attached hydrogen (secondary N) is 1. The van der Waals surface area contributed by atoms with Crippen LogP contribution in [0.5, 0.6) is 0 Å². The highest BCUT2D eigenvalue weighted by Gasteiger charge is 2.39. The van der Waals surface area contributed by atoms with Crippen molar-refractivity contribution in [1.29, 1.82) is 0 Å². The molecule has 1 aromatic carbocycles. The van der Waals surface area contributed by atoms with E-state index in [1.54, 1.807) is 0 Å². The Balaban J connectivity index is 3.35. The van der Waals surface area contributed by atoms with Gasteiger partial charge in [-0.3, -0.25) is 10.1 Å². The van der Waals surface area contributed by atoms with Crippen molar-refractivity contribution in [3.63, 3.8) is 0 Å². The molecule has 0 aromatic heterocycles. The number of nitro benzene ring substituents is 1. The van der Waals surface area contributed by atoms with Crippen molar-refractivity contribution in [3.05, 3.63) is 33.9 Å². The Morgan fingerprint density at radius 3 is 2.33 bits per heavy atom. The van der Waals surface area contributed by atoms with Crippen LogP contribution in [0.15, 0.2) is 23.1 Å². The van der Waals surface area contributed by atoms with Crippen molar-refractivity contribution in [1.82, 2.24) is 4.72 Å². The summed E-state index contributed by atoms with van der Waals surface area (Å²) in [6.07, 6.45) is -4.73. The van der Waals surface area contributed by atoms with Gasteiger partial charge in [0, 0.05) is 24.7 Å². The topological polar surface area (TPSA) is 115 Å². The molecule has 11 heteroatoms. The van der Waals surface area contributed by atoms with Crippen LogP contribution >= 0.6 is 0 Å². The van der Waals surface area contributed by atoms with Gasteiger partial charge < -0.3 is 5.73 Å². The first kappa shape index (κ1) is 20.3. The summed E-state index contributed by atoms with van der Waals surface area (Å²) in [5, 5.41) is 10.6. The molecule has 3 N–H and O–H groups in total. The fraction of sp³-hybridized carbons (Fsp3) is 0.538. The summed E-state index contributed by atoms with van der Waals surface area (Å²) >= 11 is 0. The first-order valence-corrected chi connectivity index (χ1v) is 8.44. The van der Waals surface area contributed by atoms with Crippen LogP contribution < -0.4 is 10.5 Å². The Kier molecular flexibility index (Phi) is 6.31. The highest BCUT2D eigenvalue weighted by molar-refractivity contribution is 7.89. The molecule has 24 heavy (non-hydrogen) atoms. The second-order valence-electron chi connectivity index (χ2n) is 5.62. The van der Waals surface area contributed by atoms with Gasteiger partial charge in [-0.25, -0.2) is 13.1 Å². The lowest BCUT2D eigenvalue weighted by Crippen LogP contribution is -2.41. The van der Waals surface area contributed by atoms with Gasteiger partial charge in [0.15, 0.2) is 0 Å². The van der Waals surface area contributed by atoms with Crippen LogP contribution in [0.3, 0.4) is 0 Å². The van der Waals surface area contributed by atoms with Crippen LogP contribution in [0, 0.1) is 16.0 Å². The van der Waals surface area contributed by atoms with Crippen LogP contribution in [-0.2, 0) is 16.2 Å². The molecule has 0 aliphatic carbocycles. The van der Waals surface area contributed by atoms with Gasteiger partial charge in [-0.2, -0.15) is 13.2 Å². The molecule has 1 aromatic rings. The number of nitrogens with zero attached hydrogens (tertiary/aromatic N) is 1. The smallest absolute Gasteiger partial charge is 0.329 e. The molecule has 0 aliphatic rings. The largest absolute Gasteiger partial charge is 0.417 e. The molecule has 0 spiro atoms. The van der Waals surface area contributed by atoms with E-state index in [4.69, 9.17) is 5.73 Å². The molecule has 0 fully saturated rings. The third-order valence-corrected chi connectivity index (χ3v) is 4.71. The Morgan fingerprint density at radius 2 is 1.92 bits per heavy atom. The number of non-ortho nitro benzene ring substituents is 1. The van der Waals surface area contributed by atoms with Crippen LogP contribution in [0.4, 0.5) is 18.9 Å². The van der Waals surface area contributed by atoms with E-state index in [1.165, 1.54) is 0 Å². The predicted octanol–water partition coefficient (Wildman–Crippen LogP) is 2.27. The Labute approximate surface area is 137 Å². The predicted molar refractivity (Wildman–Crippen MR) is 80.7 cm³/mol. The van der Waals surface area contributed by atoms with E-state index in [-0.39, 0.29) is 18.5 Å². The molecular weight excluding hydrogens is 351 g/mol. The molecule has 7 nitrogen and oxygen atoms in total. The Bertz CT molecular complexity index is 705. The molecule has 0 radical (unpaired) electrons. The lowest BCUT2D eigenvalue weighted by Gasteiger charge is -2.20. The minimum Gasteiger partial charge on any atom is -0.329 e. The quantitative estimate of drug-likeness (QED) is 0.565. The summed E-state index contributed by atoms with van der Waals surface area (Å²) in [5.41, 5.74) is 3.01. The van der Waals surface area contributed by atoms with Crippen molar-refractivity contribution in [2.45, 2.75) is 37.4 Å². The van der Waals surface area contributed by atoms with Gasteiger partial charge in [-0.15, -0.1) is 0 Å². The molecule has 0 saturated carbocycles. The summed E-state index contributed by atoms with van der Waals surface area (Å²) in [4.78, 5) is 8.55. The van der Waals surface area contributed by atoms with Gasteiger partial charge in [-0.1, -0.05) is 13.8 Å². The zero-order chi connectivity index (χ0) is 18.7. The summed E-state index contributed by atoms with van der Waals surface area (Å²) in [6.45, 7) is 3.53. The maximum atomic E-state index is 13.1. The lowest BCUT2D eigenvalue weighted by atomic mass is 10.1. The van der Waals surface area contributed by atoms with E-state index in [0.29, 0.717) is 18.6 Å². The van der Waals surface area contributed by atoms with Crippen LogP contribution in [0.1, 0.15) is 25.8 Å². The highest BCUT2D eigenvalue weighted by Crippen LogP contribution is 2.36. The number of benzene rings is 1. The SMILES string of the molecule is CC(C)C[C@@H](CN)NS(=O)(=O)c1ccc([N+](=O)[O-])cc1C(F)(F)F. The van der Waals surface area contributed by atoms with E-state index >= 15 is 0 Å². The standard InChI is InChI=1S/C13H18F3N3O4S/c1-8(2)5-9(7-17)18-24(22,23)12-4-3-10(19(20)21)6-11(12)13(14,15)16/h3-4,6,8-9,18H,5,7,17H2,1-2H3/t9-/m0/s1. The normalized spacial score (nSPS) is 14.0. The van der Waals surface area contributed by atoms with Crippen molar-refractivity contribution in [2.24, 2.45) is 11.7 Å². The lowest BCUT2D eigenvalue weighted by molar-refractivity contribution is -0.385. The highest BCUT2D eigenvalue weighted by atomic mass is 32.2. The van der Waals surface area contributed by atoms with E-state index < -0.39 is 43.3 Å². The van der Waals surface area contributed by atoms with Gasteiger partial charge in [0.1, 0.15) is 0 Å². The van der Waals surface area contributed by atoms with Crippen LogP contribution in [-0.4, -0.2) is 25.9 Å². The Hall–Kier alpha value is -1.72. The molecule has 1 rings (SSSR count). The summed E-state index contributed by atoms with van der Waals surface area (Å²) in [7, 11) is -4.55. The third-order valence-electron chi connectivity index (χ3n) is 3.13. The molecule has 1 atom stereocenters. The first-order chi connectivity index (χ1) is 10.9. The third kappa shape index (κ3) is 5.14. The zero-order valence-corrected chi connectivity index (χ0v) is 13.8. The van der Waals surface area contributed by atoms with Crippen LogP contribution in [0.25, 0.3) is 0 Å². The molecule has 0 saturated heterocycles. The van der Waals surface area contributed by atoms with E-state index in [1.807, 2.05) is 13.8 Å². The van der Waals surface area contributed by atoms with Crippen LogP contribution in [0.2, 0.25) is 0 Å². The van der Waals surface area contributed by atoms with Gasteiger partial charge in [-0.05, 0) is 18.4 Å². The average molecular weight is 369 g/mol. The maximum absolute atomic E-state index is 13.1. The van der Waals surface area contributed by atoms with E-state index in [2.05, 4.69) is 4.72 Å². The average Bonchev–Trinajstić information content (AvgIpc) is 2.44. The Morgan fingerprint density at radius 1 is 1.33 bits per heavy atom. The number of hydrogen-bond acceptors (Lipinski definition) is 5. The summed E-state index contributed by atoms with van der Waals surface area (Å²) in [5.74, 6) is 0.0696. The maximum Gasteiger partial charge on any atom is 0.417 e. The molecule has 0 bridgehead atoms. The zero-order valence-electron chi connectivity index (χ0n) is 13.0. The second-order valence-corrected chi connectivity index (χ2v) is 7.30. The molecule has 0 aliphatic heterocycles. The number of halogens is 3. The van der Waals surface area contributed by atoms with Gasteiger partial charge in [0.25, 0.3) is 5.69 Å². The van der Waals surface area contributed by atoms with Crippen molar-refractivity contribution >= 4 is 15.7 Å². The molecule has 136 valence electrons. The first-order valence-electron chi connectivity index (χ1n) is 6.96.